The number of carboxylic acids is 1. The lowest BCUT2D eigenvalue weighted by atomic mass is 10.2. The van der Waals surface area contributed by atoms with Crippen LogP contribution in [0.15, 0.2) is 24.3 Å². The number of benzene rings is 1. The van der Waals surface area contributed by atoms with Crippen LogP contribution in [0, 0.1) is 5.82 Å². The van der Waals surface area contributed by atoms with E-state index in [4.69, 9.17) is 5.11 Å². The third-order valence-corrected chi connectivity index (χ3v) is 4.21. The SMILES string of the molecule is CN(CCC(=O)O)S(=O)(=O)Cc1ccc(F)cc1. The van der Waals surface area contributed by atoms with E-state index in [0.29, 0.717) is 5.56 Å². The van der Waals surface area contributed by atoms with Crippen molar-refractivity contribution >= 4 is 16.0 Å². The Bertz CT molecular complexity index is 512. The van der Waals surface area contributed by atoms with E-state index in [2.05, 4.69) is 0 Å². The maximum atomic E-state index is 12.7. The molecule has 0 heterocycles. The summed E-state index contributed by atoms with van der Waals surface area (Å²) in [6.45, 7) is -0.0845. The minimum atomic E-state index is -3.57. The highest BCUT2D eigenvalue weighted by Gasteiger charge is 2.19. The predicted molar refractivity (Wildman–Crippen MR) is 63.9 cm³/mol. The molecule has 0 unspecified atom stereocenters. The molecule has 0 aliphatic heterocycles. The van der Waals surface area contributed by atoms with E-state index in [-0.39, 0.29) is 18.7 Å². The van der Waals surface area contributed by atoms with Crippen LogP contribution in [-0.4, -0.2) is 37.4 Å². The molecule has 0 amide bonds. The van der Waals surface area contributed by atoms with Crippen LogP contribution in [0.2, 0.25) is 0 Å². The van der Waals surface area contributed by atoms with Gasteiger partial charge in [0.1, 0.15) is 5.82 Å². The number of hydrogen-bond acceptors (Lipinski definition) is 3. The second-order valence-electron chi connectivity index (χ2n) is 3.85. The van der Waals surface area contributed by atoms with Crippen molar-refractivity contribution in [2.24, 2.45) is 0 Å². The largest absolute Gasteiger partial charge is 0.481 e. The topological polar surface area (TPSA) is 74.7 Å². The Balaban J connectivity index is 2.69. The lowest BCUT2D eigenvalue weighted by Gasteiger charge is -2.16. The predicted octanol–water partition coefficient (Wildman–Crippen LogP) is 1.06. The first kappa shape index (κ1) is 14.6. The van der Waals surface area contributed by atoms with Gasteiger partial charge in [0.15, 0.2) is 0 Å². The molecule has 1 N–H and O–H groups in total. The average molecular weight is 275 g/mol. The Labute approximate surface area is 105 Å². The summed E-state index contributed by atoms with van der Waals surface area (Å²) in [5.41, 5.74) is 0.457. The fourth-order valence-corrected chi connectivity index (χ4v) is 2.50. The average Bonchev–Trinajstić information content (AvgIpc) is 2.28. The third kappa shape index (κ3) is 4.42. The normalized spacial score (nSPS) is 11.7. The maximum Gasteiger partial charge on any atom is 0.304 e. The van der Waals surface area contributed by atoms with Crippen molar-refractivity contribution in [1.29, 1.82) is 0 Å². The van der Waals surface area contributed by atoms with Crippen LogP contribution in [0.1, 0.15) is 12.0 Å². The highest BCUT2D eigenvalue weighted by Crippen LogP contribution is 2.10. The van der Waals surface area contributed by atoms with Gasteiger partial charge in [-0.3, -0.25) is 4.79 Å². The first-order valence-corrected chi connectivity index (χ1v) is 6.82. The van der Waals surface area contributed by atoms with Crippen LogP contribution >= 0.6 is 0 Å². The Morgan fingerprint density at radius 3 is 2.39 bits per heavy atom. The summed E-state index contributed by atoms with van der Waals surface area (Å²) in [4.78, 5) is 10.4. The molecular formula is C11H14FNO4S. The quantitative estimate of drug-likeness (QED) is 0.842. The fraction of sp³-hybridized carbons (Fsp3) is 0.364. The first-order valence-electron chi connectivity index (χ1n) is 5.21. The summed E-state index contributed by atoms with van der Waals surface area (Å²) in [7, 11) is -2.25. The van der Waals surface area contributed by atoms with E-state index in [1.807, 2.05) is 0 Å². The van der Waals surface area contributed by atoms with Gasteiger partial charge in [-0.15, -0.1) is 0 Å². The highest BCUT2D eigenvalue weighted by molar-refractivity contribution is 7.88. The number of sulfonamides is 1. The van der Waals surface area contributed by atoms with Crippen LogP contribution in [0.25, 0.3) is 0 Å². The molecule has 100 valence electrons. The Morgan fingerprint density at radius 1 is 1.33 bits per heavy atom. The highest BCUT2D eigenvalue weighted by atomic mass is 32.2. The number of nitrogens with zero attached hydrogens (tertiary/aromatic N) is 1. The van der Waals surface area contributed by atoms with Crippen LogP contribution in [-0.2, 0) is 20.6 Å². The van der Waals surface area contributed by atoms with E-state index >= 15 is 0 Å². The van der Waals surface area contributed by atoms with Crippen molar-refractivity contribution in [3.05, 3.63) is 35.6 Å². The zero-order valence-electron chi connectivity index (χ0n) is 9.84. The second-order valence-corrected chi connectivity index (χ2v) is 5.92. The van der Waals surface area contributed by atoms with E-state index in [9.17, 15) is 17.6 Å². The summed E-state index contributed by atoms with van der Waals surface area (Å²) in [5, 5.41) is 8.49. The molecule has 0 radical (unpaired) electrons. The molecule has 0 aromatic heterocycles. The smallest absolute Gasteiger partial charge is 0.304 e. The molecular weight excluding hydrogens is 261 g/mol. The number of carbonyl (C=O) groups is 1. The second kappa shape index (κ2) is 5.92. The van der Waals surface area contributed by atoms with E-state index < -0.39 is 21.8 Å². The molecule has 0 spiro atoms. The lowest BCUT2D eigenvalue weighted by Crippen LogP contribution is -2.30. The molecule has 1 aromatic rings. The van der Waals surface area contributed by atoms with Crippen LogP contribution in [0.5, 0.6) is 0 Å². The Kier molecular flexibility index (Phi) is 4.80. The molecule has 0 aliphatic carbocycles. The zero-order valence-corrected chi connectivity index (χ0v) is 10.7. The number of hydrogen-bond donors (Lipinski definition) is 1. The molecule has 5 nitrogen and oxygen atoms in total. The maximum absolute atomic E-state index is 12.7. The molecule has 1 rings (SSSR count). The molecule has 0 atom stereocenters. The van der Waals surface area contributed by atoms with E-state index in [1.54, 1.807) is 0 Å². The van der Waals surface area contributed by atoms with Crippen molar-refractivity contribution < 1.29 is 22.7 Å². The van der Waals surface area contributed by atoms with Gasteiger partial charge in [0, 0.05) is 13.6 Å². The first-order chi connectivity index (χ1) is 8.31. The molecule has 0 saturated carbocycles. The number of aliphatic carboxylic acids is 1. The van der Waals surface area contributed by atoms with Crippen LogP contribution < -0.4 is 0 Å². The molecule has 7 heteroatoms. The van der Waals surface area contributed by atoms with Gasteiger partial charge in [-0.25, -0.2) is 17.1 Å². The van der Waals surface area contributed by atoms with Crippen molar-refractivity contribution in [1.82, 2.24) is 4.31 Å². The molecule has 18 heavy (non-hydrogen) atoms. The van der Waals surface area contributed by atoms with Gasteiger partial charge in [0.05, 0.1) is 12.2 Å². The van der Waals surface area contributed by atoms with Gasteiger partial charge in [-0.2, -0.15) is 0 Å². The summed E-state index contributed by atoms with van der Waals surface area (Å²) in [6, 6.07) is 5.14. The van der Waals surface area contributed by atoms with Crippen molar-refractivity contribution in [3.8, 4) is 0 Å². The van der Waals surface area contributed by atoms with Crippen molar-refractivity contribution in [2.45, 2.75) is 12.2 Å². The number of halogens is 1. The minimum Gasteiger partial charge on any atom is -0.481 e. The standard InChI is InChI=1S/C11H14FNO4S/c1-13(7-6-11(14)15)18(16,17)8-9-2-4-10(12)5-3-9/h2-5H,6-8H2,1H3,(H,14,15). The van der Waals surface area contributed by atoms with Gasteiger partial charge in [-0.1, -0.05) is 12.1 Å². The minimum absolute atomic E-state index is 0.0845. The fourth-order valence-electron chi connectivity index (χ4n) is 1.29. The summed E-state index contributed by atoms with van der Waals surface area (Å²) in [6.07, 6.45) is -0.251. The van der Waals surface area contributed by atoms with Crippen LogP contribution in [0.4, 0.5) is 4.39 Å². The summed E-state index contributed by atoms with van der Waals surface area (Å²) < 4.78 is 37.3. The lowest BCUT2D eigenvalue weighted by molar-refractivity contribution is -0.137. The Morgan fingerprint density at radius 2 is 1.89 bits per heavy atom. The molecule has 1 aromatic carbocycles. The summed E-state index contributed by atoms with van der Waals surface area (Å²) in [5.74, 6) is -1.77. The van der Waals surface area contributed by atoms with Gasteiger partial charge in [0.2, 0.25) is 10.0 Å². The van der Waals surface area contributed by atoms with E-state index in [0.717, 1.165) is 4.31 Å². The van der Waals surface area contributed by atoms with Gasteiger partial charge >= 0.3 is 5.97 Å². The third-order valence-electron chi connectivity index (χ3n) is 2.38. The molecule has 0 bridgehead atoms. The number of carboxylic acid groups (broad SMARTS) is 1. The van der Waals surface area contributed by atoms with Crippen molar-refractivity contribution in [3.63, 3.8) is 0 Å². The van der Waals surface area contributed by atoms with Gasteiger partial charge < -0.3 is 5.11 Å². The van der Waals surface area contributed by atoms with E-state index in [1.165, 1.54) is 31.3 Å². The molecule has 0 fully saturated rings. The van der Waals surface area contributed by atoms with Crippen LogP contribution in [0.3, 0.4) is 0 Å². The summed E-state index contributed by atoms with van der Waals surface area (Å²) >= 11 is 0. The van der Waals surface area contributed by atoms with Gasteiger partial charge in [0.25, 0.3) is 0 Å². The monoisotopic (exact) mass is 275 g/mol. The number of rotatable bonds is 6. The Hall–Kier alpha value is -1.47. The molecule has 0 saturated heterocycles. The van der Waals surface area contributed by atoms with Gasteiger partial charge in [-0.05, 0) is 17.7 Å². The molecule has 0 aliphatic rings. The van der Waals surface area contributed by atoms with Crippen molar-refractivity contribution in [2.75, 3.05) is 13.6 Å². The zero-order chi connectivity index (χ0) is 13.8.